The average molecular weight is 232 g/mol. The summed E-state index contributed by atoms with van der Waals surface area (Å²) in [7, 11) is 1.37. The van der Waals surface area contributed by atoms with Crippen molar-refractivity contribution >= 4 is 29.3 Å². The van der Waals surface area contributed by atoms with Crippen LogP contribution in [0.1, 0.15) is 5.56 Å². The highest BCUT2D eigenvalue weighted by atomic mass is 35.5. The number of aromatic nitrogens is 1. The number of hydrogen-bond acceptors (Lipinski definition) is 4. The minimum absolute atomic E-state index is 0.248. The van der Waals surface area contributed by atoms with Crippen molar-refractivity contribution < 1.29 is 9.53 Å². The van der Waals surface area contributed by atoms with Crippen LogP contribution in [0.4, 0.5) is 0 Å². The van der Waals surface area contributed by atoms with E-state index in [1.54, 1.807) is 12.3 Å². The van der Waals surface area contributed by atoms with E-state index in [9.17, 15) is 4.79 Å². The SMILES string of the molecule is COC(=O)CSc1cc(Cl)ncc1C. The first-order valence-corrected chi connectivity index (χ1v) is 5.31. The largest absolute Gasteiger partial charge is 0.468 e. The molecule has 0 aliphatic rings. The van der Waals surface area contributed by atoms with Gasteiger partial charge in [-0.1, -0.05) is 11.6 Å². The number of carbonyl (C=O) groups excluding carboxylic acids is 1. The van der Waals surface area contributed by atoms with E-state index in [1.165, 1.54) is 18.9 Å². The van der Waals surface area contributed by atoms with E-state index in [0.717, 1.165) is 10.5 Å². The maximum absolute atomic E-state index is 10.9. The third-order valence-electron chi connectivity index (χ3n) is 1.59. The van der Waals surface area contributed by atoms with Crippen molar-refractivity contribution in [2.75, 3.05) is 12.9 Å². The maximum Gasteiger partial charge on any atom is 0.315 e. The lowest BCUT2D eigenvalue weighted by Crippen LogP contribution is -2.03. The number of methoxy groups -OCH3 is 1. The fraction of sp³-hybridized carbons (Fsp3) is 0.333. The van der Waals surface area contributed by atoms with Crippen LogP contribution < -0.4 is 0 Å². The quantitative estimate of drug-likeness (QED) is 0.455. The second-order valence-electron chi connectivity index (χ2n) is 2.64. The van der Waals surface area contributed by atoms with Gasteiger partial charge >= 0.3 is 5.97 Å². The fourth-order valence-corrected chi connectivity index (χ4v) is 1.92. The minimum Gasteiger partial charge on any atom is -0.468 e. The molecule has 76 valence electrons. The summed E-state index contributed by atoms with van der Waals surface area (Å²) in [5.41, 5.74) is 1.00. The van der Waals surface area contributed by atoms with Gasteiger partial charge in [0.25, 0.3) is 0 Å². The minimum atomic E-state index is -0.248. The molecule has 1 rings (SSSR count). The molecule has 1 aromatic rings. The maximum atomic E-state index is 10.9. The molecule has 0 spiro atoms. The molecule has 0 saturated heterocycles. The number of esters is 1. The van der Waals surface area contributed by atoms with Crippen LogP contribution in [0, 0.1) is 6.92 Å². The van der Waals surface area contributed by atoms with E-state index in [4.69, 9.17) is 11.6 Å². The molecule has 3 nitrogen and oxygen atoms in total. The first kappa shape index (κ1) is 11.3. The third-order valence-corrected chi connectivity index (χ3v) is 2.93. The first-order valence-electron chi connectivity index (χ1n) is 3.95. The van der Waals surface area contributed by atoms with Crippen LogP contribution in [0.5, 0.6) is 0 Å². The number of carbonyl (C=O) groups is 1. The molecule has 5 heteroatoms. The number of hydrogen-bond donors (Lipinski definition) is 0. The van der Waals surface area contributed by atoms with Gasteiger partial charge in [-0.05, 0) is 18.6 Å². The van der Waals surface area contributed by atoms with Gasteiger partial charge in [0, 0.05) is 11.1 Å². The highest BCUT2D eigenvalue weighted by Crippen LogP contribution is 2.23. The van der Waals surface area contributed by atoms with E-state index < -0.39 is 0 Å². The zero-order chi connectivity index (χ0) is 10.6. The summed E-state index contributed by atoms with van der Waals surface area (Å²) in [5.74, 6) is 0.0415. The summed E-state index contributed by atoms with van der Waals surface area (Å²) in [6.07, 6.45) is 1.68. The van der Waals surface area contributed by atoms with Crippen molar-refractivity contribution in [2.24, 2.45) is 0 Å². The Morgan fingerprint density at radius 3 is 3.07 bits per heavy atom. The molecule has 0 saturated carbocycles. The highest BCUT2D eigenvalue weighted by Gasteiger charge is 2.05. The van der Waals surface area contributed by atoms with E-state index >= 15 is 0 Å². The molecule has 0 bridgehead atoms. The zero-order valence-corrected chi connectivity index (χ0v) is 9.48. The van der Waals surface area contributed by atoms with Gasteiger partial charge in [-0.3, -0.25) is 4.79 Å². The standard InChI is InChI=1S/C9H10ClNO2S/c1-6-4-11-8(10)3-7(6)14-5-9(12)13-2/h3-4H,5H2,1-2H3. The summed E-state index contributed by atoms with van der Waals surface area (Å²) >= 11 is 7.12. The lowest BCUT2D eigenvalue weighted by molar-refractivity contribution is -0.137. The van der Waals surface area contributed by atoms with Gasteiger partial charge in [0.1, 0.15) is 5.15 Å². The molecule has 0 atom stereocenters. The van der Waals surface area contributed by atoms with Gasteiger partial charge in [-0.25, -0.2) is 4.98 Å². The van der Waals surface area contributed by atoms with Gasteiger partial charge in [-0.2, -0.15) is 0 Å². The van der Waals surface area contributed by atoms with Crippen molar-refractivity contribution in [1.82, 2.24) is 4.98 Å². The molecule has 0 aromatic carbocycles. The monoisotopic (exact) mass is 231 g/mol. The Hall–Kier alpha value is -0.740. The summed E-state index contributed by atoms with van der Waals surface area (Å²) in [6.45, 7) is 1.92. The normalized spacial score (nSPS) is 9.93. The molecule has 0 aliphatic carbocycles. The molecular formula is C9H10ClNO2S. The molecule has 0 aliphatic heterocycles. The van der Waals surface area contributed by atoms with Crippen LogP contribution >= 0.6 is 23.4 Å². The zero-order valence-electron chi connectivity index (χ0n) is 7.91. The van der Waals surface area contributed by atoms with Crippen molar-refractivity contribution in [2.45, 2.75) is 11.8 Å². The highest BCUT2D eigenvalue weighted by molar-refractivity contribution is 8.00. The molecule has 1 aromatic heterocycles. The van der Waals surface area contributed by atoms with E-state index in [-0.39, 0.29) is 11.7 Å². The molecule has 0 radical (unpaired) electrons. The van der Waals surface area contributed by atoms with Crippen LogP contribution in [0.25, 0.3) is 0 Å². The second-order valence-corrected chi connectivity index (χ2v) is 4.04. The Bertz CT molecular complexity index is 344. The topological polar surface area (TPSA) is 39.2 Å². The van der Waals surface area contributed by atoms with Gasteiger partial charge in [0.15, 0.2) is 0 Å². The lowest BCUT2D eigenvalue weighted by atomic mass is 10.3. The fourth-order valence-electron chi connectivity index (χ4n) is 0.832. The van der Waals surface area contributed by atoms with Gasteiger partial charge in [-0.15, -0.1) is 11.8 Å². The third kappa shape index (κ3) is 3.20. The van der Waals surface area contributed by atoms with E-state index in [1.807, 2.05) is 6.92 Å². The predicted octanol–water partition coefficient (Wildman–Crippen LogP) is 2.31. The van der Waals surface area contributed by atoms with Crippen molar-refractivity contribution in [3.63, 3.8) is 0 Å². The summed E-state index contributed by atoms with van der Waals surface area (Å²) < 4.78 is 4.53. The molecule has 1 heterocycles. The van der Waals surface area contributed by atoms with E-state index in [2.05, 4.69) is 9.72 Å². The molecule has 14 heavy (non-hydrogen) atoms. The number of pyridine rings is 1. The number of aryl methyl sites for hydroxylation is 1. The number of nitrogens with zero attached hydrogens (tertiary/aromatic N) is 1. The van der Waals surface area contributed by atoms with Crippen molar-refractivity contribution in [1.29, 1.82) is 0 Å². The predicted molar refractivity (Wildman–Crippen MR) is 56.7 cm³/mol. The van der Waals surface area contributed by atoms with Gasteiger partial charge in [0.2, 0.25) is 0 Å². The Kier molecular flexibility index (Phi) is 4.22. The van der Waals surface area contributed by atoms with Crippen molar-refractivity contribution in [3.8, 4) is 0 Å². The Labute approximate surface area is 91.8 Å². The van der Waals surface area contributed by atoms with Gasteiger partial charge < -0.3 is 4.74 Å². The number of halogens is 1. The average Bonchev–Trinajstić information content (AvgIpc) is 2.19. The Balaban J connectivity index is 2.66. The summed E-state index contributed by atoms with van der Waals surface area (Å²) in [6, 6.07) is 1.74. The first-order chi connectivity index (χ1) is 6.63. The molecule has 0 amide bonds. The smallest absolute Gasteiger partial charge is 0.315 e. The number of thioether (sulfide) groups is 1. The molecule has 0 fully saturated rings. The van der Waals surface area contributed by atoms with E-state index in [0.29, 0.717) is 5.15 Å². The lowest BCUT2D eigenvalue weighted by Gasteiger charge is -2.04. The molecule has 0 unspecified atom stereocenters. The van der Waals surface area contributed by atoms with Crippen molar-refractivity contribution in [3.05, 3.63) is 23.0 Å². The Morgan fingerprint density at radius 1 is 1.71 bits per heavy atom. The van der Waals surface area contributed by atoms with Crippen LogP contribution in [0.15, 0.2) is 17.2 Å². The van der Waals surface area contributed by atoms with Crippen LogP contribution in [0.3, 0.4) is 0 Å². The number of rotatable bonds is 3. The van der Waals surface area contributed by atoms with Crippen LogP contribution in [0.2, 0.25) is 5.15 Å². The molecule has 0 N–H and O–H groups in total. The van der Waals surface area contributed by atoms with Crippen LogP contribution in [-0.2, 0) is 9.53 Å². The second kappa shape index (κ2) is 5.22. The molecular weight excluding hydrogens is 222 g/mol. The van der Waals surface area contributed by atoms with Crippen LogP contribution in [-0.4, -0.2) is 23.8 Å². The number of ether oxygens (including phenoxy) is 1. The Morgan fingerprint density at radius 2 is 2.43 bits per heavy atom. The summed E-state index contributed by atoms with van der Waals surface area (Å²) in [5, 5.41) is 0.433. The van der Waals surface area contributed by atoms with Gasteiger partial charge in [0.05, 0.1) is 12.9 Å². The summed E-state index contributed by atoms with van der Waals surface area (Å²) in [4.78, 5) is 15.8.